The summed E-state index contributed by atoms with van der Waals surface area (Å²) >= 11 is 0. The lowest BCUT2D eigenvalue weighted by Gasteiger charge is -2.35. The van der Waals surface area contributed by atoms with Crippen molar-refractivity contribution in [2.24, 2.45) is 0 Å². The molecular weight excluding hydrogens is 855 g/mol. The van der Waals surface area contributed by atoms with E-state index in [0.29, 0.717) is 0 Å². The van der Waals surface area contributed by atoms with E-state index in [1.54, 1.807) is 0 Å². The second kappa shape index (κ2) is 14.8. The predicted molar refractivity (Wildman–Crippen MR) is 297 cm³/mol. The third-order valence-electron chi connectivity index (χ3n) is 17.4. The summed E-state index contributed by atoms with van der Waals surface area (Å²) in [4.78, 5) is 2.58. The number of anilines is 3. The number of hydrogen-bond donors (Lipinski definition) is 0. The summed E-state index contributed by atoms with van der Waals surface area (Å²) in [5.74, 6) is 0. The van der Waals surface area contributed by atoms with Gasteiger partial charge in [-0.15, -0.1) is 0 Å². The third-order valence-corrected chi connectivity index (χ3v) is 17.4. The fourth-order valence-corrected chi connectivity index (χ4v) is 14.0. The first kappa shape index (κ1) is 41.9. The highest BCUT2D eigenvalue weighted by Gasteiger charge is 2.48. The molecule has 10 aromatic rings. The molecule has 1 nitrogen and oxygen atoms in total. The highest BCUT2D eigenvalue weighted by Crippen LogP contribution is 2.63. The Morgan fingerprint density at radius 3 is 1.23 bits per heavy atom. The Kier molecular flexibility index (Phi) is 8.72. The van der Waals surface area contributed by atoms with Gasteiger partial charge in [-0.25, -0.2) is 0 Å². The zero-order valence-corrected chi connectivity index (χ0v) is 41.3. The zero-order chi connectivity index (χ0) is 48.0. The van der Waals surface area contributed by atoms with E-state index in [4.69, 9.17) is 0 Å². The van der Waals surface area contributed by atoms with Crippen LogP contribution in [0.2, 0.25) is 0 Å². The van der Waals surface area contributed by atoms with Crippen molar-refractivity contribution < 1.29 is 0 Å². The number of para-hydroxylation sites is 1. The van der Waals surface area contributed by atoms with E-state index in [1.807, 2.05) is 0 Å². The second-order valence-corrected chi connectivity index (χ2v) is 21.9. The van der Waals surface area contributed by atoms with Crippen LogP contribution < -0.4 is 4.90 Å². The molecule has 1 heteroatoms. The van der Waals surface area contributed by atoms with E-state index < -0.39 is 5.41 Å². The minimum absolute atomic E-state index is 0.0848. The number of hydrogen-bond acceptors (Lipinski definition) is 1. The van der Waals surface area contributed by atoms with E-state index >= 15 is 0 Å². The van der Waals surface area contributed by atoms with Crippen molar-refractivity contribution in [2.45, 2.75) is 63.2 Å². The van der Waals surface area contributed by atoms with Crippen LogP contribution in [-0.2, 0) is 21.7 Å². The lowest BCUT2D eigenvalue weighted by molar-refractivity contribution is 0.639. The van der Waals surface area contributed by atoms with Gasteiger partial charge in [-0.05, 0) is 130 Å². The van der Waals surface area contributed by atoms with Crippen molar-refractivity contribution in [3.8, 4) is 55.6 Å². The smallest absolute Gasteiger partial charge is 0.0713 e. The molecule has 0 fully saturated rings. The van der Waals surface area contributed by atoms with Crippen molar-refractivity contribution in [1.82, 2.24) is 0 Å². The van der Waals surface area contributed by atoms with Crippen molar-refractivity contribution >= 4 is 17.1 Å². The summed E-state index contributed by atoms with van der Waals surface area (Å²) in [6, 6.07) is 85.3. The van der Waals surface area contributed by atoms with Crippen LogP contribution in [0, 0.1) is 0 Å². The quantitative estimate of drug-likeness (QED) is 0.161. The van der Waals surface area contributed by atoms with Crippen LogP contribution in [0.3, 0.4) is 0 Å². The summed E-state index contributed by atoms with van der Waals surface area (Å²) in [5, 5.41) is 0. The first-order chi connectivity index (χ1) is 34.5. The average molecular weight is 910 g/mol. The predicted octanol–water partition coefficient (Wildman–Crippen LogP) is 18.1. The van der Waals surface area contributed by atoms with E-state index in [2.05, 4.69) is 271 Å². The van der Waals surface area contributed by atoms with Crippen molar-refractivity contribution in [2.75, 3.05) is 4.90 Å². The first-order valence-corrected chi connectivity index (χ1v) is 25.4. The van der Waals surface area contributed by atoms with Gasteiger partial charge in [0.25, 0.3) is 0 Å². The number of rotatable bonds is 6. The number of nitrogens with zero attached hydrogens (tertiary/aromatic N) is 1. The molecule has 0 saturated carbocycles. The molecule has 0 radical (unpaired) electrons. The summed E-state index contributed by atoms with van der Waals surface area (Å²) in [6.45, 7) is 14.4. The lowest BCUT2D eigenvalue weighted by Crippen LogP contribution is -2.28. The topological polar surface area (TPSA) is 3.24 Å². The van der Waals surface area contributed by atoms with E-state index in [9.17, 15) is 0 Å². The van der Waals surface area contributed by atoms with Gasteiger partial charge in [-0.2, -0.15) is 0 Å². The van der Waals surface area contributed by atoms with Gasteiger partial charge in [0.2, 0.25) is 0 Å². The van der Waals surface area contributed by atoms with Gasteiger partial charge in [0.05, 0.1) is 11.1 Å². The molecule has 0 heterocycles. The van der Waals surface area contributed by atoms with Gasteiger partial charge in [0, 0.05) is 38.7 Å². The van der Waals surface area contributed by atoms with Crippen LogP contribution in [0.5, 0.6) is 0 Å². The van der Waals surface area contributed by atoms with Gasteiger partial charge in [0.1, 0.15) is 0 Å². The van der Waals surface area contributed by atoms with Crippen LogP contribution in [-0.4, -0.2) is 0 Å². The maximum absolute atomic E-state index is 2.58. The van der Waals surface area contributed by atoms with E-state index in [-0.39, 0.29) is 16.2 Å². The molecule has 0 spiro atoms. The lowest BCUT2D eigenvalue weighted by atomic mass is 9.67. The Bertz CT molecular complexity index is 3720. The molecular formula is C70H55N. The third kappa shape index (κ3) is 5.52. The van der Waals surface area contributed by atoms with Crippen LogP contribution in [0.4, 0.5) is 17.1 Å². The zero-order valence-electron chi connectivity index (χ0n) is 41.3. The Morgan fingerprint density at radius 2 is 0.676 bits per heavy atom. The van der Waals surface area contributed by atoms with Gasteiger partial charge in [0.15, 0.2) is 0 Å². The second-order valence-electron chi connectivity index (χ2n) is 21.9. The molecule has 0 N–H and O–H groups in total. The van der Waals surface area contributed by atoms with Gasteiger partial charge >= 0.3 is 0 Å². The maximum atomic E-state index is 2.58. The average Bonchev–Trinajstić information content (AvgIpc) is 4.02. The molecule has 10 aromatic carbocycles. The Labute approximate surface area is 418 Å². The van der Waals surface area contributed by atoms with Gasteiger partial charge in [-0.1, -0.05) is 236 Å². The highest BCUT2D eigenvalue weighted by atomic mass is 15.1. The molecule has 4 aliphatic rings. The van der Waals surface area contributed by atoms with Crippen molar-refractivity contribution in [3.63, 3.8) is 0 Å². The normalized spacial score (nSPS) is 15.9. The Balaban J connectivity index is 1.02. The maximum Gasteiger partial charge on any atom is 0.0713 e. The van der Waals surface area contributed by atoms with Crippen LogP contribution in [0.25, 0.3) is 55.6 Å². The number of benzene rings is 10. The minimum Gasteiger partial charge on any atom is -0.309 e. The minimum atomic E-state index is -0.588. The summed E-state index contributed by atoms with van der Waals surface area (Å²) in [5.41, 5.74) is 29.0. The molecule has 71 heavy (non-hydrogen) atoms. The van der Waals surface area contributed by atoms with E-state index in [0.717, 1.165) is 11.4 Å². The molecule has 0 atom stereocenters. The molecule has 0 saturated heterocycles. The SMILES string of the molecule is CC1(C)c2ccccc2-c2c(-c3cccc(C4(c5ccc(N(c6ccccc6)c6c7c(cc8c6-c6ccccc6C8(C)C)C(C)(C)c6ccccc6-7)cc5)c5ccccc5-c5ccccc54)c3)cccc21. The van der Waals surface area contributed by atoms with Crippen LogP contribution in [0.1, 0.15) is 97.2 Å². The summed E-state index contributed by atoms with van der Waals surface area (Å²) < 4.78 is 0. The molecule has 0 aromatic heterocycles. The van der Waals surface area contributed by atoms with E-state index in [1.165, 1.54) is 117 Å². The molecule has 4 aliphatic carbocycles. The van der Waals surface area contributed by atoms with Gasteiger partial charge < -0.3 is 4.90 Å². The van der Waals surface area contributed by atoms with Crippen molar-refractivity contribution in [1.29, 1.82) is 0 Å². The molecule has 14 rings (SSSR count). The molecule has 0 bridgehead atoms. The first-order valence-electron chi connectivity index (χ1n) is 25.4. The van der Waals surface area contributed by atoms with Crippen molar-refractivity contribution in [3.05, 3.63) is 280 Å². The van der Waals surface area contributed by atoms with Gasteiger partial charge in [-0.3, -0.25) is 0 Å². The Morgan fingerprint density at radius 1 is 0.268 bits per heavy atom. The molecule has 0 amide bonds. The molecule has 340 valence electrons. The Hall–Kier alpha value is -8.00. The standard InChI is InChI=1S/C70H55N/c1-67(2)55-32-15-12-28-52(55)63-49(31-21-37-60(63)67)44-22-20-23-46(42-44)70(58-35-18-10-26-50(58)51-27-11-19-36-59(51)70)45-38-40-48(41-39-45)71(47-24-8-7-9-25-47)66-64-53-29-13-16-33-56(53)68(3,4)61(64)43-62-65(66)54-30-14-17-34-57(54)69(62,5)6/h7-43H,1-6H3. The number of fused-ring (bicyclic) bond motifs is 12. The summed E-state index contributed by atoms with van der Waals surface area (Å²) in [7, 11) is 0. The summed E-state index contributed by atoms with van der Waals surface area (Å²) in [6.07, 6.45) is 0. The van der Waals surface area contributed by atoms with Crippen LogP contribution in [0.15, 0.2) is 224 Å². The molecule has 0 aliphatic heterocycles. The van der Waals surface area contributed by atoms with Crippen LogP contribution >= 0.6 is 0 Å². The molecule has 0 unspecified atom stereocenters. The highest BCUT2D eigenvalue weighted by molar-refractivity contribution is 6.06. The fraction of sp³-hybridized carbons (Fsp3) is 0.143. The monoisotopic (exact) mass is 909 g/mol. The largest absolute Gasteiger partial charge is 0.309 e. The fourth-order valence-electron chi connectivity index (χ4n) is 14.0.